The van der Waals surface area contributed by atoms with Gasteiger partial charge in [0.05, 0.1) is 25.8 Å². The van der Waals surface area contributed by atoms with Gasteiger partial charge in [0, 0.05) is 13.1 Å². The van der Waals surface area contributed by atoms with Gasteiger partial charge < -0.3 is 10.6 Å². The molecule has 0 aromatic heterocycles. The van der Waals surface area contributed by atoms with E-state index in [-0.39, 0.29) is 0 Å². The van der Waals surface area contributed by atoms with Gasteiger partial charge in [0.2, 0.25) is 0 Å². The molecule has 0 amide bonds. The highest BCUT2D eigenvalue weighted by Gasteiger charge is 1.95. The molecule has 1 saturated carbocycles. The van der Waals surface area contributed by atoms with E-state index < -0.39 is 0 Å². The Bertz CT molecular complexity index is 141. The van der Waals surface area contributed by atoms with Crippen molar-refractivity contribution in [3.8, 4) is 0 Å². The molecule has 14 heavy (non-hydrogen) atoms. The van der Waals surface area contributed by atoms with E-state index in [1.54, 1.807) is 12.7 Å². The SMILES string of the molecule is C1=NCCN1.C1=NCCN1.C1CCC1. The number of nitrogens with zero attached hydrogens (tertiary/aromatic N) is 2. The molecule has 0 aromatic rings. The Morgan fingerprint density at radius 1 is 0.714 bits per heavy atom. The Kier molecular flexibility index (Phi) is 6.72. The van der Waals surface area contributed by atoms with Crippen LogP contribution in [-0.2, 0) is 0 Å². The maximum Gasteiger partial charge on any atom is 0.0825 e. The summed E-state index contributed by atoms with van der Waals surface area (Å²) >= 11 is 0. The van der Waals surface area contributed by atoms with Crippen LogP contribution in [0.5, 0.6) is 0 Å². The van der Waals surface area contributed by atoms with Crippen LogP contribution in [0.2, 0.25) is 0 Å². The number of hydrogen-bond donors (Lipinski definition) is 2. The molecule has 4 heteroatoms. The molecule has 1 fully saturated rings. The highest BCUT2D eigenvalue weighted by atomic mass is 15.0. The van der Waals surface area contributed by atoms with Crippen LogP contribution in [0, 0.1) is 0 Å². The zero-order valence-electron chi connectivity index (χ0n) is 8.71. The van der Waals surface area contributed by atoms with Crippen molar-refractivity contribution >= 4 is 12.7 Å². The fourth-order valence-corrected chi connectivity index (χ4v) is 0.895. The molecule has 80 valence electrons. The molecule has 0 radical (unpaired) electrons. The second-order valence-corrected chi connectivity index (χ2v) is 3.39. The first-order valence-electron chi connectivity index (χ1n) is 5.43. The minimum Gasteiger partial charge on any atom is -0.375 e. The first-order chi connectivity index (χ1) is 7.00. The fourth-order valence-electron chi connectivity index (χ4n) is 0.895. The Hall–Kier alpha value is -1.06. The molecule has 0 unspecified atom stereocenters. The van der Waals surface area contributed by atoms with Gasteiger partial charge in [-0.15, -0.1) is 0 Å². The van der Waals surface area contributed by atoms with Gasteiger partial charge in [-0.2, -0.15) is 0 Å². The van der Waals surface area contributed by atoms with E-state index >= 15 is 0 Å². The summed E-state index contributed by atoms with van der Waals surface area (Å²) in [7, 11) is 0. The number of nitrogens with one attached hydrogen (secondary N) is 2. The van der Waals surface area contributed by atoms with Crippen LogP contribution in [0.3, 0.4) is 0 Å². The summed E-state index contributed by atoms with van der Waals surface area (Å²) in [4.78, 5) is 7.69. The minimum absolute atomic E-state index is 0.958. The van der Waals surface area contributed by atoms with E-state index in [1.165, 1.54) is 25.7 Å². The summed E-state index contributed by atoms with van der Waals surface area (Å²) in [6.45, 7) is 3.97. The fraction of sp³-hybridized carbons (Fsp3) is 0.800. The molecular weight excluding hydrogens is 176 g/mol. The van der Waals surface area contributed by atoms with Gasteiger partial charge >= 0.3 is 0 Å². The van der Waals surface area contributed by atoms with Crippen LogP contribution in [-0.4, -0.2) is 38.9 Å². The van der Waals surface area contributed by atoms with E-state index in [1.807, 2.05) is 0 Å². The van der Waals surface area contributed by atoms with Crippen molar-refractivity contribution in [2.24, 2.45) is 9.98 Å². The Labute approximate surface area is 85.9 Å². The Balaban J connectivity index is 0.000000106. The lowest BCUT2D eigenvalue weighted by atomic mass is 10.0. The molecule has 0 aromatic carbocycles. The topological polar surface area (TPSA) is 48.8 Å². The molecule has 0 bridgehead atoms. The maximum absolute atomic E-state index is 3.85. The van der Waals surface area contributed by atoms with Crippen molar-refractivity contribution in [3.63, 3.8) is 0 Å². The third-order valence-electron chi connectivity index (χ3n) is 2.14. The van der Waals surface area contributed by atoms with Gasteiger partial charge in [-0.25, -0.2) is 0 Å². The first-order valence-corrected chi connectivity index (χ1v) is 5.43. The van der Waals surface area contributed by atoms with E-state index in [4.69, 9.17) is 0 Å². The quantitative estimate of drug-likeness (QED) is 0.602. The molecule has 2 N–H and O–H groups in total. The number of aliphatic imine (C=N–C) groups is 2. The molecule has 0 atom stereocenters. The van der Waals surface area contributed by atoms with Crippen molar-refractivity contribution in [1.29, 1.82) is 0 Å². The Morgan fingerprint density at radius 2 is 1.14 bits per heavy atom. The predicted octanol–water partition coefficient (Wildman–Crippen LogP) is 0.796. The molecule has 2 heterocycles. The van der Waals surface area contributed by atoms with Gasteiger partial charge in [0.15, 0.2) is 0 Å². The molecule has 0 spiro atoms. The predicted molar refractivity (Wildman–Crippen MR) is 61.2 cm³/mol. The zero-order valence-corrected chi connectivity index (χ0v) is 8.71. The highest BCUT2D eigenvalue weighted by Crippen LogP contribution is 2.15. The lowest BCUT2D eigenvalue weighted by Gasteiger charge is -2.05. The Morgan fingerprint density at radius 3 is 1.21 bits per heavy atom. The zero-order chi connectivity index (χ0) is 9.90. The van der Waals surface area contributed by atoms with Gasteiger partial charge in [-0.1, -0.05) is 25.7 Å². The normalized spacial score (nSPS) is 20.6. The summed E-state index contributed by atoms with van der Waals surface area (Å²) in [6, 6.07) is 0. The molecule has 2 aliphatic heterocycles. The van der Waals surface area contributed by atoms with Crippen LogP contribution in [0.25, 0.3) is 0 Å². The summed E-state index contributed by atoms with van der Waals surface area (Å²) < 4.78 is 0. The average Bonchev–Trinajstić information content (AvgIpc) is 2.81. The lowest BCUT2D eigenvalue weighted by molar-refractivity contribution is 0.504. The van der Waals surface area contributed by atoms with Gasteiger partial charge in [0.25, 0.3) is 0 Å². The van der Waals surface area contributed by atoms with Crippen LogP contribution < -0.4 is 10.6 Å². The largest absolute Gasteiger partial charge is 0.375 e. The third-order valence-corrected chi connectivity index (χ3v) is 2.14. The molecule has 3 aliphatic rings. The molecule has 1 aliphatic carbocycles. The standard InChI is InChI=1S/C4H8.2C3H6N2/c1-2-4-3-1;2*1-2-5-3-4-1/h1-4H2;2*3H,1-2H2,(H,4,5). The molecule has 0 saturated heterocycles. The molecular formula is C10H20N4. The third kappa shape index (κ3) is 6.46. The highest BCUT2D eigenvalue weighted by molar-refractivity contribution is 5.56. The molecule has 4 nitrogen and oxygen atoms in total. The van der Waals surface area contributed by atoms with Gasteiger partial charge in [-0.05, 0) is 0 Å². The van der Waals surface area contributed by atoms with E-state index in [9.17, 15) is 0 Å². The second-order valence-electron chi connectivity index (χ2n) is 3.39. The molecule has 3 rings (SSSR count). The maximum atomic E-state index is 3.85. The summed E-state index contributed by atoms with van der Waals surface area (Å²) in [5.41, 5.74) is 0. The summed E-state index contributed by atoms with van der Waals surface area (Å²) in [6.07, 6.45) is 9.47. The number of hydrogen-bond acceptors (Lipinski definition) is 4. The average molecular weight is 196 g/mol. The summed E-state index contributed by atoms with van der Waals surface area (Å²) in [5, 5.41) is 5.86. The van der Waals surface area contributed by atoms with Crippen LogP contribution in [0.1, 0.15) is 25.7 Å². The first kappa shape index (κ1) is 11.0. The van der Waals surface area contributed by atoms with Crippen LogP contribution in [0.4, 0.5) is 0 Å². The van der Waals surface area contributed by atoms with Crippen molar-refractivity contribution in [3.05, 3.63) is 0 Å². The lowest BCUT2D eigenvalue weighted by Crippen LogP contribution is -2.04. The van der Waals surface area contributed by atoms with Crippen LogP contribution in [0.15, 0.2) is 9.98 Å². The van der Waals surface area contributed by atoms with E-state index in [2.05, 4.69) is 20.6 Å². The number of rotatable bonds is 0. The minimum atomic E-state index is 0.958. The van der Waals surface area contributed by atoms with E-state index in [0.29, 0.717) is 0 Å². The van der Waals surface area contributed by atoms with Crippen molar-refractivity contribution in [1.82, 2.24) is 10.6 Å². The van der Waals surface area contributed by atoms with Crippen molar-refractivity contribution in [2.75, 3.05) is 26.2 Å². The van der Waals surface area contributed by atoms with E-state index in [0.717, 1.165) is 26.2 Å². The monoisotopic (exact) mass is 196 g/mol. The van der Waals surface area contributed by atoms with Crippen molar-refractivity contribution < 1.29 is 0 Å². The summed E-state index contributed by atoms with van der Waals surface area (Å²) in [5.74, 6) is 0. The van der Waals surface area contributed by atoms with Crippen LogP contribution >= 0.6 is 0 Å². The second kappa shape index (κ2) is 8.53. The van der Waals surface area contributed by atoms with Gasteiger partial charge in [0.1, 0.15) is 0 Å². The smallest absolute Gasteiger partial charge is 0.0825 e. The van der Waals surface area contributed by atoms with Gasteiger partial charge in [-0.3, -0.25) is 9.98 Å². The van der Waals surface area contributed by atoms with Crippen molar-refractivity contribution in [2.45, 2.75) is 25.7 Å².